The summed E-state index contributed by atoms with van der Waals surface area (Å²) in [6.45, 7) is 16.1. The molecule has 0 heterocycles. The maximum Gasteiger partial charge on any atom is 0.472 e. The largest absolute Gasteiger partial charge is 0.472 e. The second-order valence-corrected chi connectivity index (χ2v) is 17.4. The summed E-state index contributed by atoms with van der Waals surface area (Å²) < 4.78 is 25.3. The highest BCUT2D eigenvalue weighted by atomic mass is 29.3. The third kappa shape index (κ3) is 6.96. The van der Waals surface area contributed by atoms with Gasteiger partial charge in [-0.25, -0.2) is 0 Å². The van der Waals surface area contributed by atoms with Crippen LogP contribution in [0, 0.1) is 0 Å². The van der Waals surface area contributed by atoms with Crippen molar-refractivity contribution >= 4 is 15.9 Å². The summed E-state index contributed by atoms with van der Waals surface area (Å²) in [5.74, 6) is 0. The Morgan fingerprint density at radius 1 is 0.565 bits per heavy atom. The molecule has 0 aliphatic heterocycles. The topological polar surface area (TPSA) is 36.9 Å². The van der Waals surface area contributed by atoms with Crippen LogP contribution in [0.1, 0.15) is 67.2 Å². The summed E-state index contributed by atoms with van der Waals surface area (Å²) in [5.41, 5.74) is 0. The van der Waals surface area contributed by atoms with Crippen molar-refractivity contribution in [2.45, 2.75) is 79.3 Å². The van der Waals surface area contributed by atoms with Gasteiger partial charge in [0, 0.05) is 32.7 Å². The van der Waals surface area contributed by atoms with Crippen molar-refractivity contribution in [3.63, 3.8) is 0 Å². The first kappa shape index (κ1) is 23.3. The summed E-state index contributed by atoms with van der Waals surface area (Å²) in [4.78, 5) is 0. The Hall–Kier alpha value is 0.274. The van der Waals surface area contributed by atoms with Crippen LogP contribution < -0.4 is 0 Å². The van der Waals surface area contributed by atoms with Crippen molar-refractivity contribution in [3.8, 4) is 0 Å². The second-order valence-electron chi connectivity index (χ2n) is 6.14. The molecule has 0 amide bonds. The van der Waals surface area contributed by atoms with E-state index >= 15 is 0 Å². The quantitative estimate of drug-likeness (QED) is 0.293. The molecule has 0 spiro atoms. The molecule has 0 N–H and O–H groups in total. The lowest BCUT2D eigenvalue weighted by atomic mass is 10.5. The molecule has 0 bridgehead atoms. The van der Waals surface area contributed by atoms with Gasteiger partial charge in [-0.05, 0) is 25.7 Å². The average Bonchev–Trinajstić information content (AvgIpc) is 2.59. The van der Waals surface area contributed by atoms with Gasteiger partial charge in [-0.2, -0.15) is 0 Å². The molecule has 0 saturated heterocycles. The molecule has 0 fully saturated rings. The summed E-state index contributed by atoms with van der Waals surface area (Å²) in [6.07, 6.45) is 4.83. The SMILES string of the molecule is CCCOC[Si](CC)(CC)[Si](OCCC)(OCCC)OCCC. The Labute approximate surface area is 146 Å². The molecule has 0 aliphatic rings. The molecule has 0 radical (unpaired) electrons. The van der Waals surface area contributed by atoms with Gasteiger partial charge in [-0.15, -0.1) is 0 Å². The summed E-state index contributed by atoms with van der Waals surface area (Å²) in [7, 11) is -4.60. The van der Waals surface area contributed by atoms with Crippen LogP contribution in [0.25, 0.3) is 0 Å². The lowest BCUT2D eigenvalue weighted by molar-refractivity contribution is 0.0738. The summed E-state index contributed by atoms with van der Waals surface area (Å²) in [5, 5.41) is 0. The van der Waals surface area contributed by atoms with Gasteiger partial charge in [0.05, 0.1) is 0 Å². The van der Waals surface area contributed by atoms with E-state index in [2.05, 4.69) is 41.5 Å². The van der Waals surface area contributed by atoms with Gasteiger partial charge in [-0.3, -0.25) is 0 Å². The molecule has 0 rings (SSSR count). The molecule has 0 unspecified atom stereocenters. The van der Waals surface area contributed by atoms with Crippen LogP contribution in [-0.2, 0) is 18.0 Å². The van der Waals surface area contributed by atoms with Crippen molar-refractivity contribution in [1.29, 1.82) is 0 Å². The highest BCUT2D eigenvalue weighted by Crippen LogP contribution is 2.31. The zero-order valence-electron chi connectivity index (χ0n) is 16.4. The fourth-order valence-electron chi connectivity index (χ4n) is 2.68. The Kier molecular flexibility index (Phi) is 13.7. The van der Waals surface area contributed by atoms with Crippen LogP contribution in [0.3, 0.4) is 0 Å². The average molecular weight is 365 g/mol. The molecule has 140 valence electrons. The minimum Gasteiger partial charge on any atom is -0.385 e. The van der Waals surface area contributed by atoms with Gasteiger partial charge >= 0.3 is 8.32 Å². The Morgan fingerprint density at radius 3 is 1.26 bits per heavy atom. The third-order valence-corrected chi connectivity index (χ3v) is 18.5. The zero-order chi connectivity index (χ0) is 17.6. The second kappa shape index (κ2) is 13.6. The lowest BCUT2D eigenvalue weighted by Gasteiger charge is -2.43. The summed E-state index contributed by atoms with van der Waals surface area (Å²) >= 11 is 0. The first-order valence-corrected chi connectivity index (χ1v) is 15.0. The van der Waals surface area contributed by atoms with Crippen molar-refractivity contribution in [3.05, 3.63) is 0 Å². The van der Waals surface area contributed by atoms with Gasteiger partial charge in [0.25, 0.3) is 0 Å². The van der Waals surface area contributed by atoms with Crippen molar-refractivity contribution in [2.24, 2.45) is 0 Å². The van der Waals surface area contributed by atoms with Crippen molar-refractivity contribution in [1.82, 2.24) is 0 Å². The van der Waals surface area contributed by atoms with Crippen LogP contribution in [-0.4, -0.2) is 48.6 Å². The zero-order valence-corrected chi connectivity index (χ0v) is 18.4. The van der Waals surface area contributed by atoms with E-state index in [0.717, 1.165) is 70.4 Å². The highest BCUT2D eigenvalue weighted by molar-refractivity contribution is 7.35. The number of hydrogen-bond donors (Lipinski definition) is 0. The van der Waals surface area contributed by atoms with Crippen LogP contribution in [0.2, 0.25) is 12.1 Å². The molecular weight excluding hydrogens is 324 g/mol. The molecular formula is C17H40O4Si2. The van der Waals surface area contributed by atoms with E-state index in [9.17, 15) is 0 Å². The highest BCUT2D eigenvalue weighted by Gasteiger charge is 2.61. The van der Waals surface area contributed by atoms with E-state index < -0.39 is 15.9 Å². The van der Waals surface area contributed by atoms with E-state index in [-0.39, 0.29) is 0 Å². The standard InChI is InChI=1S/C17H40O4Si2/c1-7-13-18-17-22(11-5,12-6)23(19-14-8-2,20-15-9-3)21-16-10-4/h7-17H2,1-6H3. The molecule has 0 atom stereocenters. The predicted molar refractivity (Wildman–Crippen MR) is 102 cm³/mol. The molecule has 6 heteroatoms. The molecule has 0 aliphatic carbocycles. The van der Waals surface area contributed by atoms with Crippen LogP contribution >= 0.6 is 0 Å². The first-order valence-electron chi connectivity index (χ1n) is 9.61. The lowest BCUT2D eigenvalue weighted by Crippen LogP contribution is -2.71. The van der Waals surface area contributed by atoms with E-state index in [1.165, 1.54) is 0 Å². The van der Waals surface area contributed by atoms with Crippen LogP contribution in [0.5, 0.6) is 0 Å². The Balaban J connectivity index is 5.51. The molecule has 0 aromatic heterocycles. The maximum atomic E-state index is 6.44. The molecule has 4 nitrogen and oxygen atoms in total. The molecule has 23 heavy (non-hydrogen) atoms. The maximum absolute atomic E-state index is 6.44. The van der Waals surface area contributed by atoms with Crippen LogP contribution in [0.4, 0.5) is 0 Å². The minimum absolute atomic E-state index is 0.724. The Morgan fingerprint density at radius 2 is 0.957 bits per heavy atom. The molecule has 0 saturated carbocycles. The van der Waals surface area contributed by atoms with Gasteiger partial charge in [0.15, 0.2) is 7.59 Å². The van der Waals surface area contributed by atoms with Crippen molar-refractivity contribution < 1.29 is 18.0 Å². The minimum atomic E-state index is -2.67. The van der Waals surface area contributed by atoms with Gasteiger partial charge in [0.2, 0.25) is 0 Å². The monoisotopic (exact) mass is 364 g/mol. The van der Waals surface area contributed by atoms with Gasteiger partial charge in [-0.1, -0.05) is 53.6 Å². The smallest absolute Gasteiger partial charge is 0.385 e. The first-order chi connectivity index (χ1) is 11.1. The third-order valence-electron chi connectivity index (χ3n) is 4.22. The van der Waals surface area contributed by atoms with E-state index in [4.69, 9.17) is 18.0 Å². The number of ether oxygens (including phenoxy) is 1. The summed E-state index contributed by atoms with van der Waals surface area (Å²) in [6, 6.07) is 2.19. The fraction of sp³-hybridized carbons (Fsp3) is 1.00. The van der Waals surface area contributed by atoms with Gasteiger partial charge in [0.1, 0.15) is 0 Å². The van der Waals surface area contributed by atoms with E-state index in [1.807, 2.05) is 0 Å². The normalized spacial score (nSPS) is 12.8. The Bertz CT molecular complexity index is 252. The fourth-order valence-corrected chi connectivity index (χ4v) is 14.9. The van der Waals surface area contributed by atoms with E-state index in [1.54, 1.807) is 0 Å². The number of hydrogen-bond acceptors (Lipinski definition) is 4. The molecule has 0 aromatic rings. The van der Waals surface area contributed by atoms with Crippen LogP contribution in [0.15, 0.2) is 0 Å². The van der Waals surface area contributed by atoms with Crippen molar-refractivity contribution in [2.75, 3.05) is 32.7 Å². The predicted octanol–water partition coefficient (Wildman–Crippen LogP) is 4.74. The van der Waals surface area contributed by atoms with E-state index in [0.29, 0.717) is 0 Å². The molecule has 0 aromatic carbocycles. The number of rotatable bonds is 16. The van der Waals surface area contributed by atoms with Gasteiger partial charge < -0.3 is 18.0 Å².